The number of fused-ring (bicyclic) bond motifs is 2. The van der Waals surface area contributed by atoms with Crippen LogP contribution in [-0.2, 0) is 4.79 Å². The molecule has 0 aliphatic carbocycles. The smallest absolute Gasteiger partial charge is 0.238 e. The fraction of sp³-hybridized carbons (Fsp3) is 0.562. The number of carbonyl (C=O) groups excluding carboxylic acids is 1. The minimum Gasteiger partial charge on any atom is -0.328 e. The van der Waals surface area contributed by atoms with Crippen molar-refractivity contribution in [2.75, 3.05) is 11.9 Å². The molecular formula is C16H22ClN3O. The molecule has 2 fully saturated rings. The lowest BCUT2D eigenvalue weighted by Crippen LogP contribution is -2.49. The maximum Gasteiger partial charge on any atom is 0.238 e. The molecule has 0 saturated carbocycles. The molecule has 2 heterocycles. The lowest BCUT2D eigenvalue weighted by Gasteiger charge is -2.37. The molecule has 2 aliphatic heterocycles. The molecular weight excluding hydrogens is 286 g/mol. The Morgan fingerprint density at radius 2 is 2.05 bits per heavy atom. The number of nitrogens with two attached hydrogens (primary N) is 1. The van der Waals surface area contributed by atoms with Crippen molar-refractivity contribution in [3.05, 3.63) is 28.8 Å². The quantitative estimate of drug-likeness (QED) is 0.902. The van der Waals surface area contributed by atoms with Crippen LogP contribution >= 0.6 is 11.6 Å². The second kappa shape index (κ2) is 5.95. The van der Waals surface area contributed by atoms with Gasteiger partial charge in [0.05, 0.1) is 17.3 Å². The monoisotopic (exact) mass is 307 g/mol. The summed E-state index contributed by atoms with van der Waals surface area (Å²) in [7, 11) is 0. The van der Waals surface area contributed by atoms with E-state index < -0.39 is 0 Å². The molecule has 1 aromatic carbocycles. The van der Waals surface area contributed by atoms with Gasteiger partial charge in [0.1, 0.15) is 0 Å². The minimum atomic E-state index is 0.00752. The van der Waals surface area contributed by atoms with Gasteiger partial charge >= 0.3 is 0 Å². The number of halogens is 1. The Bertz CT molecular complexity index is 534. The van der Waals surface area contributed by atoms with E-state index in [9.17, 15) is 4.79 Å². The summed E-state index contributed by atoms with van der Waals surface area (Å²) >= 11 is 6.16. The fourth-order valence-corrected chi connectivity index (χ4v) is 3.93. The molecule has 5 heteroatoms. The number of benzene rings is 1. The van der Waals surface area contributed by atoms with Crippen LogP contribution in [-0.4, -0.2) is 35.5 Å². The van der Waals surface area contributed by atoms with Crippen LogP contribution in [0.3, 0.4) is 0 Å². The van der Waals surface area contributed by atoms with Gasteiger partial charge in [-0.15, -0.1) is 0 Å². The number of anilines is 1. The van der Waals surface area contributed by atoms with Gasteiger partial charge in [-0.1, -0.05) is 17.7 Å². The van der Waals surface area contributed by atoms with Gasteiger partial charge in [0.25, 0.3) is 0 Å². The normalized spacial score (nSPS) is 28.6. The maximum atomic E-state index is 12.3. The van der Waals surface area contributed by atoms with Gasteiger partial charge in [0.2, 0.25) is 5.91 Å². The lowest BCUT2D eigenvalue weighted by molar-refractivity contribution is -0.118. The van der Waals surface area contributed by atoms with Crippen molar-refractivity contribution < 1.29 is 4.79 Å². The highest BCUT2D eigenvalue weighted by molar-refractivity contribution is 6.33. The van der Waals surface area contributed by atoms with Crippen LogP contribution in [0, 0.1) is 6.92 Å². The molecule has 2 saturated heterocycles. The minimum absolute atomic E-state index is 0.00752. The van der Waals surface area contributed by atoms with E-state index >= 15 is 0 Å². The summed E-state index contributed by atoms with van der Waals surface area (Å²) in [6.45, 7) is 2.42. The zero-order chi connectivity index (χ0) is 15.0. The van der Waals surface area contributed by atoms with Crippen molar-refractivity contribution in [1.29, 1.82) is 0 Å². The van der Waals surface area contributed by atoms with Crippen molar-refractivity contribution in [2.45, 2.75) is 50.7 Å². The summed E-state index contributed by atoms with van der Waals surface area (Å²) in [6.07, 6.45) is 4.35. The Labute approximate surface area is 130 Å². The predicted octanol–water partition coefficient (Wildman–Crippen LogP) is 2.54. The number of hydrogen-bond donors (Lipinski definition) is 2. The number of rotatable bonds is 3. The zero-order valence-corrected chi connectivity index (χ0v) is 13.1. The summed E-state index contributed by atoms with van der Waals surface area (Å²) < 4.78 is 0. The van der Waals surface area contributed by atoms with Gasteiger partial charge in [0.15, 0.2) is 0 Å². The Balaban J connectivity index is 1.62. The van der Waals surface area contributed by atoms with E-state index in [0.29, 0.717) is 35.4 Å². The van der Waals surface area contributed by atoms with Crippen molar-refractivity contribution >= 4 is 23.2 Å². The molecule has 4 nitrogen and oxygen atoms in total. The molecule has 2 aliphatic rings. The van der Waals surface area contributed by atoms with Crippen LogP contribution < -0.4 is 11.1 Å². The van der Waals surface area contributed by atoms with E-state index in [0.717, 1.165) is 31.2 Å². The van der Waals surface area contributed by atoms with Crippen LogP contribution in [0.1, 0.15) is 31.2 Å². The Kier molecular flexibility index (Phi) is 4.20. The topological polar surface area (TPSA) is 58.4 Å². The highest BCUT2D eigenvalue weighted by Crippen LogP contribution is 2.34. The van der Waals surface area contributed by atoms with E-state index in [4.69, 9.17) is 17.3 Å². The second-order valence-corrected chi connectivity index (χ2v) is 6.73. The number of amides is 1. The Hall–Kier alpha value is -1.10. The van der Waals surface area contributed by atoms with Gasteiger partial charge in [-0.05, 0) is 50.3 Å². The Morgan fingerprint density at radius 1 is 1.38 bits per heavy atom. The maximum absolute atomic E-state index is 12.3. The third-order valence-corrected chi connectivity index (χ3v) is 4.96. The Morgan fingerprint density at radius 3 is 2.67 bits per heavy atom. The van der Waals surface area contributed by atoms with E-state index in [-0.39, 0.29) is 5.91 Å². The molecule has 3 N–H and O–H groups in total. The van der Waals surface area contributed by atoms with Gasteiger partial charge in [-0.2, -0.15) is 0 Å². The molecule has 21 heavy (non-hydrogen) atoms. The van der Waals surface area contributed by atoms with Crippen molar-refractivity contribution in [2.24, 2.45) is 5.73 Å². The summed E-state index contributed by atoms with van der Waals surface area (Å²) in [4.78, 5) is 14.6. The first-order chi connectivity index (χ1) is 10.0. The van der Waals surface area contributed by atoms with Gasteiger partial charge in [-0.3, -0.25) is 9.69 Å². The summed E-state index contributed by atoms with van der Waals surface area (Å²) in [5, 5.41) is 3.51. The van der Waals surface area contributed by atoms with E-state index in [1.54, 1.807) is 0 Å². The van der Waals surface area contributed by atoms with Crippen LogP contribution in [0.4, 0.5) is 5.69 Å². The average Bonchev–Trinajstić information content (AvgIpc) is 2.66. The van der Waals surface area contributed by atoms with E-state index in [1.807, 2.05) is 25.1 Å². The number of hydrogen-bond acceptors (Lipinski definition) is 3. The number of nitrogens with one attached hydrogen (secondary N) is 1. The molecule has 1 aromatic rings. The lowest BCUT2D eigenvalue weighted by atomic mass is 9.98. The number of carbonyl (C=O) groups is 1. The van der Waals surface area contributed by atoms with Gasteiger partial charge < -0.3 is 11.1 Å². The summed E-state index contributed by atoms with van der Waals surface area (Å²) in [6, 6.07) is 6.91. The van der Waals surface area contributed by atoms with Crippen LogP contribution in [0.25, 0.3) is 0 Å². The number of nitrogens with zero attached hydrogens (tertiary/aromatic N) is 1. The molecule has 2 unspecified atom stereocenters. The van der Waals surface area contributed by atoms with Crippen LogP contribution in [0.15, 0.2) is 18.2 Å². The fourth-order valence-electron chi connectivity index (χ4n) is 3.65. The first-order valence-corrected chi connectivity index (χ1v) is 7.98. The molecule has 1 amide bonds. The number of aryl methyl sites for hydroxylation is 1. The van der Waals surface area contributed by atoms with Crippen molar-refractivity contribution in [1.82, 2.24) is 4.90 Å². The van der Waals surface area contributed by atoms with E-state index in [1.165, 1.54) is 0 Å². The molecule has 0 spiro atoms. The number of piperidine rings is 1. The standard InChI is InChI=1S/C16H22ClN3O/c1-10-2-5-15(14(17)6-10)19-16(21)9-20-12-3-4-13(20)8-11(18)7-12/h2,5-6,11-13H,3-4,7-9,18H2,1H3,(H,19,21). The molecule has 114 valence electrons. The molecule has 2 bridgehead atoms. The first-order valence-electron chi connectivity index (χ1n) is 7.60. The van der Waals surface area contributed by atoms with Crippen molar-refractivity contribution in [3.8, 4) is 0 Å². The molecule has 3 rings (SSSR count). The summed E-state index contributed by atoms with van der Waals surface area (Å²) in [5.74, 6) is 0.00752. The third-order valence-electron chi connectivity index (χ3n) is 4.65. The predicted molar refractivity (Wildman–Crippen MR) is 85.5 cm³/mol. The van der Waals surface area contributed by atoms with Crippen LogP contribution in [0.5, 0.6) is 0 Å². The largest absolute Gasteiger partial charge is 0.328 e. The zero-order valence-electron chi connectivity index (χ0n) is 12.3. The summed E-state index contributed by atoms with van der Waals surface area (Å²) in [5.41, 5.74) is 7.83. The second-order valence-electron chi connectivity index (χ2n) is 6.32. The third kappa shape index (κ3) is 3.23. The van der Waals surface area contributed by atoms with Crippen LogP contribution in [0.2, 0.25) is 5.02 Å². The van der Waals surface area contributed by atoms with E-state index in [2.05, 4.69) is 10.2 Å². The highest BCUT2D eigenvalue weighted by Gasteiger charge is 2.40. The average molecular weight is 308 g/mol. The SMILES string of the molecule is Cc1ccc(NC(=O)CN2C3CCC2CC(N)C3)c(Cl)c1. The van der Waals surface area contributed by atoms with Gasteiger partial charge in [0, 0.05) is 18.1 Å². The highest BCUT2D eigenvalue weighted by atomic mass is 35.5. The van der Waals surface area contributed by atoms with Gasteiger partial charge in [-0.25, -0.2) is 0 Å². The molecule has 0 aromatic heterocycles. The first kappa shape index (κ1) is 14.8. The molecule has 0 radical (unpaired) electrons. The molecule has 2 atom stereocenters. The van der Waals surface area contributed by atoms with Crippen molar-refractivity contribution in [3.63, 3.8) is 0 Å².